The number of methoxy groups -OCH3 is 1. The molecule has 0 saturated carbocycles. The van der Waals surface area contributed by atoms with E-state index in [9.17, 15) is 9.59 Å². The average Bonchev–Trinajstić information content (AvgIpc) is 2.81. The summed E-state index contributed by atoms with van der Waals surface area (Å²) in [6, 6.07) is 1.32. The number of aryl methyl sites for hydroxylation is 1. The Labute approximate surface area is 136 Å². The quantitative estimate of drug-likeness (QED) is 0.744. The number of carbonyl (C=O) groups is 2. The molecule has 0 fully saturated rings. The van der Waals surface area contributed by atoms with Crippen LogP contribution in [0.3, 0.4) is 0 Å². The molecule has 3 amide bonds. The highest BCUT2D eigenvalue weighted by atomic mass is 16.5. The molecule has 8 heteroatoms. The van der Waals surface area contributed by atoms with Crippen LogP contribution in [0.15, 0.2) is 10.6 Å². The maximum absolute atomic E-state index is 12.3. The van der Waals surface area contributed by atoms with Gasteiger partial charge in [0.15, 0.2) is 5.82 Å². The second-order valence-electron chi connectivity index (χ2n) is 6.32. The summed E-state index contributed by atoms with van der Waals surface area (Å²) < 4.78 is 9.88. The molecule has 0 unspecified atom stereocenters. The fourth-order valence-electron chi connectivity index (χ4n) is 1.83. The Morgan fingerprint density at radius 3 is 2.61 bits per heavy atom. The van der Waals surface area contributed by atoms with Gasteiger partial charge in [-0.2, -0.15) is 0 Å². The van der Waals surface area contributed by atoms with E-state index in [1.54, 1.807) is 20.1 Å². The van der Waals surface area contributed by atoms with Gasteiger partial charge in [0.1, 0.15) is 12.3 Å². The first-order valence-electron chi connectivity index (χ1n) is 7.50. The lowest BCUT2D eigenvalue weighted by atomic mass is 10.1. The molecule has 23 heavy (non-hydrogen) atoms. The molecule has 0 atom stereocenters. The zero-order chi connectivity index (χ0) is 17.5. The minimum atomic E-state index is -0.379. The van der Waals surface area contributed by atoms with E-state index in [0.717, 1.165) is 0 Å². The van der Waals surface area contributed by atoms with Crippen molar-refractivity contribution in [3.05, 3.63) is 11.8 Å². The van der Waals surface area contributed by atoms with Crippen molar-refractivity contribution in [2.24, 2.45) is 0 Å². The maximum Gasteiger partial charge on any atom is 0.318 e. The van der Waals surface area contributed by atoms with Crippen LogP contribution in [-0.2, 0) is 9.53 Å². The third kappa shape index (κ3) is 7.64. The number of hydrogen-bond donors (Lipinski definition) is 2. The number of anilines is 1. The van der Waals surface area contributed by atoms with Gasteiger partial charge in [0, 0.05) is 31.9 Å². The third-order valence-electron chi connectivity index (χ3n) is 2.78. The standard InChI is InChI=1S/C15H26N4O4/c1-11-9-12(18-23-11)16-13(20)10-19(7-6-8-22-5)14(21)17-15(2,3)4/h9H,6-8,10H2,1-5H3,(H,17,21)(H,16,18,20). The maximum atomic E-state index is 12.3. The molecule has 0 spiro atoms. The first-order chi connectivity index (χ1) is 10.7. The molecule has 0 aliphatic carbocycles. The Bertz CT molecular complexity index is 522. The second kappa shape index (κ2) is 8.52. The number of aromatic nitrogens is 1. The molecular weight excluding hydrogens is 300 g/mol. The van der Waals surface area contributed by atoms with Gasteiger partial charge in [-0.25, -0.2) is 4.79 Å². The van der Waals surface area contributed by atoms with Gasteiger partial charge in [0.05, 0.1) is 0 Å². The summed E-state index contributed by atoms with van der Waals surface area (Å²) in [6.07, 6.45) is 0.643. The molecule has 8 nitrogen and oxygen atoms in total. The number of rotatable bonds is 7. The lowest BCUT2D eigenvalue weighted by molar-refractivity contribution is -0.116. The van der Waals surface area contributed by atoms with Gasteiger partial charge in [0.2, 0.25) is 5.91 Å². The molecule has 1 rings (SSSR count). The van der Waals surface area contributed by atoms with Gasteiger partial charge in [-0.05, 0) is 34.1 Å². The Morgan fingerprint density at radius 1 is 1.39 bits per heavy atom. The molecule has 0 aliphatic heterocycles. The minimum Gasteiger partial charge on any atom is -0.385 e. The summed E-state index contributed by atoms with van der Waals surface area (Å²) in [5.74, 6) is 0.600. The van der Waals surface area contributed by atoms with Gasteiger partial charge >= 0.3 is 6.03 Å². The number of nitrogens with zero attached hydrogens (tertiary/aromatic N) is 2. The highest BCUT2D eigenvalue weighted by Gasteiger charge is 2.21. The monoisotopic (exact) mass is 326 g/mol. The summed E-state index contributed by atoms with van der Waals surface area (Å²) in [5.41, 5.74) is -0.379. The number of urea groups is 1. The number of ether oxygens (including phenoxy) is 1. The molecule has 0 aromatic carbocycles. The lowest BCUT2D eigenvalue weighted by Crippen LogP contribution is -2.50. The Balaban J connectivity index is 2.63. The van der Waals surface area contributed by atoms with E-state index < -0.39 is 0 Å². The van der Waals surface area contributed by atoms with Crippen LogP contribution in [0.1, 0.15) is 33.0 Å². The topological polar surface area (TPSA) is 96.7 Å². The van der Waals surface area contributed by atoms with E-state index in [4.69, 9.17) is 9.26 Å². The Morgan fingerprint density at radius 2 is 2.09 bits per heavy atom. The molecule has 0 bridgehead atoms. The summed E-state index contributed by atoms with van der Waals surface area (Å²) in [7, 11) is 1.60. The van der Waals surface area contributed by atoms with Crippen molar-refractivity contribution in [2.75, 3.05) is 32.1 Å². The van der Waals surface area contributed by atoms with E-state index in [1.807, 2.05) is 20.8 Å². The van der Waals surface area contributed by atoms with E-state index in [2.05, 4.69) is 15.8 Å². The van der Waals surface area contributed by atoms with E-state index in [1.165, 1.54) is 4.90 Å². The highest BCUT2D eigenvalue weighted by Crippen LogP contribution is 2.07. The lowest BCUT2D eigenvalue weighted by Gasteiger charge is -2.28. The van der Waals surface area contributed by atoms with E-state index >= 15 is 0 Å². The van der Waals surface area contributed by atoms with Crippen LogP contribution in [0.25, 0.3) is 0 Å². The normalized spacial score (nSPS) is 11.2. The summed E-state index contributed by atoms with van der Waals surface area (Å²) in [5, 5.41) is 9.15. The molecule has 1 aromatic heterocycles. The van der Waals surface area contributed by atoms with Crippen molar-refractivity contribution < 1.29 is 18.8 Å². The van der Waals surface area contributed by atoms with Crippen LogP contribution >= 0.6 is 0 Å². The number of carbonyl (C=O) groups excluding carboxylic acids is 2. The van der Waals surface area contributed by atoms with Crippen molar-refractivity contribution in [1.29, 1.82) is 0 Å². The first-order valence-corrected chi connectivity index (χ1v) is 7.50. The molecule has 0 radical (unpaired) electrons. The molecule has 0 aliphatic rings. The molecule has 2 N–H and O–H groups in total. The van der Waals surface area contributed by atoms with Gasteiger partial charge < -0.3 is 24.8 Å². The number of amides is 3. The fourth-order valence-corrected chi connectivity index (χ4v) is 1.83. The molecule has 130 valence electrons. The Hall–Kier alpha value is -2.09. The average molecular weight is 326 g/mol. The summed E-state index contributed by atoms with van der Waals surface area (Å²) >= 11 is 0. The first kappa shape index (κ1) is 19.0. The van der Waals surface area contributed by atoms with Gasteiger partial charge in [-0.1, -0.05) is 5.16 Å². The van der Waals surface area contributed by atoms with Crippen molar-refractivity contribution >= 4 is 17.8 Å². The van der Waals surface area contributed by atoms with E-state index in [-0.39, 0.29) is 24.0 Å². The van der Waals surface area contributed by atoms with Crippen LogP contribution in [0.2, 0.25) is 0 Å². The number of nitrogens with one attached hydrogen (secondary N) is 2. The van der Waals surface area contributed by atoms with Crippen LogP contribution in [0.4, 0.5) is 10.6 Å². The van der Waals surface area contributed by atoms with Gasteiger partial charge in [-0.15, -0.1) is 0 Å². The van der Waals surface area contributed by atoms with Crippen molar-refractivity contribution in [1.82, 2.24) is 15.4 Å². The van der Waals surface area contributed by atoms with E-state index in [0.29, 0.717) is 31.2 Å². The highest BCUT2D eigenvalue weighted by molar-refractivity contribution is 5.93. The van der Waals surface area contributed by atoms with Crippen molar-refractivity contribution in [2.45, 2.75) is 39.7 Å². The predicted molar refractivity (Wildman–Crippen MR) is 86.2 cm³/mol. The SMILES string of the molecule is COCCCN(CC(=O)Nc1cc(C)on1)C(=O)NC(C)(C)C. The second-order valence-corrected chi connectivity index (χ2v) is 6.32. The summed E-state index contributed by atoms with van der Waals surface area (Å²) in [6.45, 7) is 8.25. The number of hydrogen-bond acceptors (Lipinski definition) is 5. The molecule has 1 heterocycles. The minimum absolute atomic E-state index is 0.0719. The third-order valence-corrected chi connectivity index (χ3v) is 2.78. The van der Waals surface area contributed by atoms with Crippen LogP contribution in [0.5, 0.6) is 0 Å². The Kier molecular flexibility index (Phi) is 7.02. The largest absolute Gasteiger partial charge is 0.385 e. The van der Waals surface area contributed by atoms with Crippen molar-refractivity contribution in [3.63, 3.8) is 0 Å². The van der Waals surface area contributed by atoms with Crippen LogP contribution < -0.4 is 10.6 Å². The smallest absolute Gasteiger partial charge is 0.318 e. The van der Waals surface area contributed by atoms with Gasteiger partial charge in [-0.3, -0.25) is 4.79 Å². The molecular formula is C15H26N4O4. The van der Waals surface area contributed by atoms with Crippen molar-refractivity contribution in [3.8, 4) is 0 Å². The summed E-state index contributed by atoms with van der Waals surface area (Å²) in [4.78, 5) is 25.8. The molecule has 1 aromatic rings. The fraction of sp³-hybridized carbons (Fsp3) is 0.667. The van der Waals surface area contributed by atoms with Crippen LogP contribution in [0, 0.1) is 6.92 Å². The predicted octanol–water partition coefficient (Wildman–Crippen LogP) is 1.77. The molecule has 0 saturated heterocycles. The zero-order valence-electron chi connectivity index (χ0n) is 14.4. The zero-order valence-corrected chi connectivity index (χ0v) is 14.4. The van der Waals surface area contributed by atoms with Crippen LogP contribution in [-0.4, -0.2) is 54.3 Å². The van der Waals surface area contributed by atoms with Gasteiger partial charge in [0.25, 0.3) is 0 Å².